The average Bonchev–Trinajstić information content (AvgIpc) is 2.71. The molecule has 11 heteroatoms. The van der Waals surface area contributed by atoms with Crippen LogP contribution in [0.25, 0.3) is 0 Å². The van der Waals surface area contributed by atoms with Crippen LogP contribution in [0.15, 0.2) is 42.5 Å². The molecular formula is C20H23F3NO6P. The lowest BCUT2D eigenvalue weighted by molar-refractivity contribution is -0.137. The maximum Gasteiger partial charge on any atom is 0.472 e. The second-order valence-electron chi connectivity index (χ2n) is 7.33. The van der Waals surface area contributed by atoms with Gasteiger partial charge in [0.1, 0.15) is 17.2 Å². The Morgan fingerprint density at radius 2 is 1.84 bits per heavy atom. The third-order valence-electron chi connectivity index (χ3n) is 4.81. The molecule has 2 aromatic rings. The van der Waals surface area contributed by atoms with E-state index in [0.29, 0.717) is 30.8 Å². The number of hydrogen-bond donors (Lipinski definition) is 2. The number of ether oxygens (including phenoxy) is 2. The first kappa shape index (κ1) is 23.6. The van der Waals surface area contributed by atoms with Gasteiger partial charge in [-0.25, -0.2) is 4.57 Å². The van der Waals surface area contributed by atoms with E-state index in [1.54, 1.807) is 18.2 Å². The van der Waals surface area contributed by atoms with E-state index in [-0.39, 0.29) is 19.0 Å². The summed E-state index contributed by atoms with van der Waals surface area (Å²) in [7, 11) is -2.51. The zero-order valence-electron chi connectivity index (χ0n) is 16.7. The Kier molecular flexibility index (Phi) is 6.98. The van der Waals surface area contributed by atoms with Gasteiger partial charge < -0.3 is 20.1 Å². The van der Waals surface area contributed by atoms with Crippen LogP contribution in [0, 0.1) is 0 Å². The molecule has 0 radical (unpaired) electrons. The highest BCUT2D eigenvalue weighted by atomic mass is 31.2. The molecule has 0 amide bonds. The van der Waals surface area contributed by atoms with Crippen molar-refractivity contribution in [3.63, 3.8) is 0 Å². The zero-order valence-corrected chi connectivity index (χ0v) is 17.6. The third kappa shape index (κ3) is 6.44. The molecule has 3 N–H and O–H groups in total. The highest BCUT2D eigenvalue weighted by molar-refractivity contribution is 7.47. The molecule has 3 rings (SSSR count). The van der Waals surface area contributed by atoms with E-state index in [1.807, 2.05) is 0 Å². The SMILES string of the molecule is COc1cc(Oc2cccc(C(F)(F)F)c2)ccc1CCCC1(N)COP(=O)(O)OC1. The van der Waals surface area contributed by atoms with E-state index in [0.717, 1.165) is 17.7 Å². The fourth-order valence-electron chi connectivity index (χ4n) is 3.14. The molecule has 0 saturated carbocycles. The number of methoxy groups -OCH3 is 1. The average molecular weight is 461 g/mol. The van der Waals surface area contributed by atoms with Crippen molar-refractivity contribution in [1.29, 1.82) is 0 Å². The number of aryl methyl sites for hydroxylation is 1. The lowest BCUT2D eigenvalue weighted by Gasteiger charge is -2.34. The van der Waals surface area contributed by atoms with Gasteiger partial charge in [0.15, 0.2) is 0 Å². The van der Waals surface area contributed by atoms with Crippen LogP contribution in [0.2, 0.25) is 0 Å². The van der Waals surface area contributed by atoms with Crippen LogP contribution in [-0.2, 0) is 26.2 Å². The van der Waals surface area contributed by atoms with Gasteiger partial charge in [-0.3, -0.25) is 9.05 Å². The number of halogens is 3. The Hall–Kier alpha value is -2.10. The van der Waals surface area contributed by atoms with E-state index in [1.165, 1.54) is 19.2 Å². The van der Waals surface area contributed by atoms with Gasteiger partial charge in [-0.2, -0.15) is 13.2 Å². The van der Waals surface area contributed by atoms with Crippen LogP contribution < -0.4 is 15.2 Å². The van der Waals surface area contributed by atoms with Crippen LogP contribution in [0.3, 0.4) is 0 Å². The Bertz CT molecular complexity index is 956. The fourth-order valence-corrected chi connectivity index (χ4v) is 4.06. The summed E-state index contributed by atoms with van der Waals surface area (Å²) >= 11 is 0. The van der Waals surface area contributed by atoms with E-state index in [2.05, 4.69) is 0 Å². The molecular weight excluding hydrogens is 438 g/mol. The molecule has 1 heterocycles. The molecule has 1 aliphatic rings. The first-order chi connectivity index (χ1) is 14.5. The molecule has 31 heavy (non-hydrogen) atoms. The third-order valence-corrected chi connectivity index (χ3v) is 5.72. The van der Waals surface area contributed by atoms with Gasteiger partial charge in [-0.15, -0.1) is 0 Å². The smallest absolute Gasteiger partial charge is 0.472 e. The first-order valence-electron chi connectivity index (χ1n) is 9.42. The quantitative estimate of drug-likeness (QED) is 0.578. The van der Waals surface area contributed by atoms with Gasteiger partial charge in [-0.05, 0) is 49.1 Å². The second-order valence-corrected chi connectivity index (χ2v) is 8.79. The molecule has 0 aromatic heterocycles. The number of alkyl halides is 3. The number of nitrogens with two attached hydrogens (primary N) is 1. The van der Waals surface area contributed by atoms with Gasteiger partial charge in [-0.1, -0.05) is 12.1 Å². The van der Waals surface area contributed by atoms with Crippen molar-refractivity contribution in [2.75, 3.05) is 20.3 Å². The highest BCUT2D eigenvalue weighted by Crippen LogP contribution is 2.48. The van der Waals surface area contributed by atoms with E-state index in [4.69, 9.17) is 24.3 Å². The summed E-state index contributed by atoms with van der Waals surface area (Å²) in [6.07, 6.45) is -2.76. The van der Waals surface area contributed by atoms with Crippen LogP contribution in [-0.4, -0.2) is 30.8 Å². The second kappa shape index (κ2) is 9.18. The predicted octanol–water partition coefficient (Wildman–Crippen LogP) is 4.67. The lowest BCUT2D eigenvalue weighted by atomic mass is 9.94. The maximum absolute atomic E-state index is 12.9. The van der Waals surface area contributed by atoms with Gasteiger partial charge in [0.05, 0.1) is 31.4 Å². The molecule has 2 aromatic carbocycles. The summed E-state index contributed by atoms with van der Waals surface area (Å²) in [5.41, 5.74) is 5.35. The molecule has 0 spiro atoms. The van der Waals surface area contributed by atoms with Crippen molar-refractivity contribution in [2.24, 2.45) is 5.73 Å². The predicted molar refractivity (Wildman–Crippen MR) is 106 cm³/mol. The largest absolute Gasteiger partial charge is 0.496 e. The molecule has 170 valence electrons. The summed E-state index contributed by atoms with van der Waals surface area (Å²) in [6.45, 7) is -0.163. The van der Waals surface area contributed by atoms with E-state index < -0.39 is 25.1 Å². The number of phosphoric ester groups is 1. The van der Waals surface area contributed by atoms with Crippen molar-refractivity contribution in [3.05, 3.63) is 53.6 Å². The van der Waals surface area contributed by atoms with Crippen LogP contribution in [0.1, 0.15) is 24.0 Å². The van der Waals surface area contributed by atoms with Gasteiger partial charge in [0.2, 0.25) is 0 Å². The Labute approximate surface area is 177 Å². The normalized spacial score (nSPS) is 24.1. The molecule has 0 aliphatic carbocycles. The van der Waals surface area contributed by atoms with Crippen molar-refractivity contribution < 1.29 is 41.2 Å². The highest BCUT2D eigenvalue weighted by Gasteiger charge is 2.38. The van der Waals surface area contributed by atoms with E-state index >= 15 is 0 Å². The summed E-state index contributed by atoms with van der Waals surface area (Å²) in [5, 5.41) is 0. The standard InChI is InChI=1S/C20H23F3NO6P/c1-27-18-11-17(30-16-6-2-5-15(10-16)20(21,22)23)8-7-14(18)4-3-9-19(24)12-28-31(25,26)29-13-19/h2,5-8,10-11H,3-4,9,12-13,24H2,1H3,(H,25,26). The number of hydrogen-bond acceptors (Lipinski definition) is 6. The summed E-state index contributed by atoms with van der Waals surface area (Å²) in [4.78, 5) is 9.24. The van der Waals surface area contributed by atoms with Crippen molar-refractivity contribution in [1.82, 2.24) is 0 Å². The summed E-state index contributed by atoms with van der Waals surface area (Å²) in [5.74, 6) is 0.919. The zero-order chi connectivity index (χ0) is 22.7. The molecule has 1 fully saturated rings. The van der Waals surface area contributed by atoms with Gasteiger partial charge in [0.25, 0.3) is 0 Å². The molecule has 0 unspecified atom stereocenters. The van der Waals surface area contributed by atoms with Crippen molar-refractivity contribution in [2.45, 2.75) is 31.0 Å². The van der Waals surface area contributed by atoms with Crippen molar-refractivity contribution in [3.8, 4) is 17.2 Å². The van der Waals surface area contributed by atoms with Crippen molar-refractivity contribution >= 4 is 7.82 Å². The Morgan fingerprint density at radius 3 is 2.48 bits per heavy atom. The fraction of sp³-hybridized carbons (Fsp3) is 0.400. The summed E-state index contributed by atoms with van der Waals surface area (Å²) < 4.78 is 70.4. The monoisotopic (exact) mass is 461 g/mol. The molecule has 0 bridgehead atoms. The summed E-state index contributed by atoms with van der Waals surface area (Å²) in [6, 6.07) is 9.63. The topological polar surface area (TPSA) is 100 Å². The number of rotatable bonds is 7. The van der Waals surface area contributed by atoms with Crippen LogP contribution in [0.5, 0.6) is 17.2 Å². The minimum absolute atomic E-state index is 0.0631. The van der Waals surface area contributed by atoms with E-state index in [9.17, 15) is 22.6 Å². The lowest BCUT2D eigenvalue weighted by Crippen LogP contribution is -2.50. The van der Waals surface area contributed by atoms with Crippen LogP contribution >= 0.6 is 7.82 Å². The van der Waals surface area contributed by atoms with Gasteiger partial charge >= 0.3 is 14.0 Å². The number of phosphoric acid groups is 1. The molecule has 1 saturated heterocycles. The maximum atomic E-state index is 12.9. The van der Waals surface area contributed by atoms with Gasteiger partial charge in [0, 0.05) is 6.07 Å². The minimum Gasteiger partial charge on any atom is -0.496 e. The molecule has 0 atom stereocenters. The Balaban J connectivity index is 1.62. The molecule has 7 nitrogen and oxygen atoms in total. The first-order valence-corrected chi connectivity index (χ1v) is 10.9. The van der Waals surface area contributed by atoms with Crippen LogP contribution in [0.4, 0.5) is 13.2 Å². The minimum atomic E-state index is -4.45. The number of benzene rings is 2. The molecule has 1 aliphatic heterocycles. The Morgan fingerprint density at radius 1 is 1.16 bits per heavy atom.